The Labute approximate surface area is 136 Å². The van der Waals surface area contributed by atoms with Crippen LogP contribution in [0.2, 0.25) is 0 Å². The zero-order chi connectivity index (χ0) is 17.0. The van der Waals surface area contributed by atoms with Crippen molar-refractivity contribution < 1.29 is 22.1 Å². The van der Waals surface area contributed by atoms with Gasteiger partial charge < -0.3 is 13.7 Å². The van der Waals surface area contributed by atoms with E-state index in [0.717, 1.165) is 5.56 Å². The molecule has 124 valence electrons. The summed E-state index contributed by atoms with van der Waals surface area (Å²) >= 11 is 0. The van der Waals surface area contributed by atoms with Gasteiger partial charge in [-0.1, -0.05) is 26.0 Å². The SMILES string of the molecule is COc1ccc(OC)c(S(=O)(=O)Oc2cccc(C(C)C)c2)c1. The van der Waals surface area contributed by atoms with Crippen molar-refractivity contribution in [3.8, 4) is 17.2 Å². The lowest BCUT2D eigenvalue weighted by Gasteiger charge is -2.13. The molecule has 2 rings (SSSR count). The quantitative estimate of drug-likeness (QED) is 0.754. The molecule has 0 unspecified atom stereocenters. The number of rotatable bonds is 6. The Kier molecular flexibility index (Phi) is 5.15. The predicted molar refractivity (Wildman–Crippen MR) is 87.9 cm³/mol. The first kappa shape index (κ1) is 17.1. The Morgan fingerprint density at radius 2 is 1.65 bits per heavy atom. The molecule has 0 saturated heterocycles. The van der Waals surface area contributed by atoms with E-state index in [1.54, 1.807) is 24.3 Å². The molecule has 0 amide bonds. The first-order valence-corrected chi connectivity index (χ1v) is 8.54. The summed E-state index contributed by atoms with van der Waals surface area (Å²) in [7, 11) is -1.17. The molecule has 0 aromatic heterocycles. The average Bonchev–Trinajstić information content (AvgIpc) is 2.54. The van der Waals surface area contributed by atoms with Gasteiger partial charge in [-0.2, -0.15) is 8.42 Å². The summed E-state index contributed by atoms with van der Waals surface area (Å²) in [6.45, 7) is 4.05. The van der Waals surface area contributed by atoms with E-state index in [-0.39, 0.29) is 22.3 Å². The summed E-state index contributed by atoms with van der Waals surface area (Å²) in [4.78, 5) is -0.0747. The van der Waals surface area contributed by atoms with Crippen molar-refractivity contribution in [1.29, 1.82) is 0 Å². The molecule has 0 aliphatic carbocycles. The molecule has 0 atom stereocenters. The van der Waals surface area contributed by atoms with Crippen molar-refractivity contribution in [2.24, 2.45) is 0 Å². The minimum Gasteiger partial charge on any atom is -0.497 e. The van der Waals surface area contributed by atoms with Crippen LogP contribution in [0.15, 0.2) is 47.4 Å². The van der Waals surface area contributed by atoms with Crippen LogP contribution in [0.5, 0.6) is 17.2 Å². The molecule has 0 heterocycles. The molecule has 0 aliphatic rings. The van der Waals surface area contributed by atoms with Crippen LogP contribution in [-0.4, -0.2) is 22.6 Å². The lowest BCUT2D eigenvalue weighted by atomic mass is 10.0. The van der Waals surface area contributed by atoms with Crippen molar-refractivity contribution in [2.45, 2.75) is 24.7 Å². The van der Waals surface area contributed by atoms with Gasteiger partial charge in [-0.15, -0.1) is 0 Å². The van der Waals surface area contributed by atoms with Crippen LogP contribution in [0.25, 0.3) is 0 Å². The topological polar surface area (TPSA) is 61.8 Å². The number of ether oxygens (including phenoxy) is 2. The van der Waals surface area contributed by atoms with Crippen LogP contribution in [0.3, 0.4) is 0 Å². The third-order valence-electron chi connectivity index (χ3n) is 3.37. The van der Waals surface area contributed by atoms with E-state index < -0.39 is 10.1 Å². The van der Waals surface area contributed by atoms with E-state index >= 15 is 0 Å². The second-order valence-electron chi connectivity index (χ2n) is 5.28. The monoisotopic (exact) mass is 336 g/mol. The summed E-state index contributed by atoms with van der Waals surface area (Å²) in [5, 5.41) is 0. The molecule has 0 aliphatic heterocycles. The fraction of sp³-hybridized carbons (Fsp3) is 0.294. The average molecular weight is 336 g/mol. The van der Waals surface area contributed by atoms with Gasteiger partial charge in [-0.05, 0) is 35.7 Å². The normalized spacial score (nSPS) is 11.3. The van der Waals surface area contributed by atoms with Crippen LogP contribution < -0.4 is 13.7 Å². The Hall–Kier alpha value is -2.21. The second-order valence-corrected chi connectivity index (χ2v) is 6.80. The van der Waals surface area contributed by atoms with Gasteiger partial charge in [0, 0.05) is 6.07 Å². The smallest absolute Gasteiger partial charge is 0.343 e. The minimum absolute atomic E-state index is 0.0747. The first-order valence-electron chi connectivity index (χ1n) is 7.14. The molecule has 0 bridgehead atoms. The van der Waals surface area contributed by atoms with Crippen LogP contribution in [0.4, 0.5) is 0 Å². The third-order valence-corrected chi connectivity index (χ3v) is 4.64. The van der Waals surface area contributed by atoms with Crippen molar-refractivity contribution in [1.82, 2.24) is 0 Å². The molecule has 2 aromatic rings. The van der Waals surface area contributed by atoms with Crippen molar-refractivity contribution in [2.75, 3.05) is 14.2 Å². The molecule has 0 spiro atoms. The Bertz CT molecular complexity index is 781. The van der Waals surface area contributed by atoms with E-state index in [2.05, 4.69) is 0 Å². The second kappa shape index (κ2) is 6.91. The third kappa shape index (κ3) is 3.96. The lowest BCUT2D eigenvalue weighted by Crippen LogP contribution is -2.11. The van der Waals surface area contributed by atoms with Gasteiger partial charge in [0.1, 0.15) is 17.2 Å². The van der Waals surface area contributed by atoms with Gasteiger partial charge in [-0.3, -0.25) is 0 Å². The van der Waals surface area contributed by atoms with Crippen LogP contribution in [0.1, 0.15) is 25.3 Å². The van der Waals surface area contributed by atoms with E-state index in [0.29, 0.717) is 5.75 Å². The fourth-order valence-corrected chi connectivity index (χ4v) is 3.18. The summed E-state index contributed by atoms with van der Waals surface area (Å²) in [6.07, 6.45) is 0. The summed E-state index contributed by atoms with van der Waals surface area (Å²) in [6, 6.07) is 11.5. The molecule has 0 fully saturated rings. The van der Waals surface area contributed by atoms with Gasteiger partial charge in [0.2, 0.25) is 0 Å². The maximum atomic E-state index is 12.6. The summed E-state index contributed by atoms with van der Waals surface area (Å²) in [5.74, 6) is 1.14. The Morgan fingerprint density at radius 3 is 2.26 bits per heavy atom. The van der Waals surface area contributed by atoms with Gasteiger partial charge in [0.25, 0.3) is 0 Å². The maximum Gasteiger partial charge on any atom is 0.343 e. The number of hydrogen-bond acceptors (Lipinski definition) is 5. The zero-order valence-electron chi connectivity index (χ0n) is 13.6. The molecule has 5 nitrogen and oxygen atoms in total. The van der Waals surface area contributed by atoms with Gasteiger partial charge >= 0.3 is 10.1 Å². The van der Waals surface area contributed by atoms with Gasteiger partial charge in [-0.25, -0.2) is 0 Å². The summed E-state index contributed by atoms with van der Waals surface area (Å²) < 4.78 is 40.6. The molecule has 0 saturated carbocycles. The highest BCUT2D eigenvalue weighted by Crippen LogP contribution is 2.31. The fourth-order valence-electron chi connectivity index (χ4n) is 2.08. The van der Waals surface area contributed by atoms with Crippen molar-refractivity contribution >= 4 is 10.1 Å². The Balaban J connectivity index is 2.41. The largest absolute Gasteiger partial charge is 0.497 e. The van der Waals surface area contributed by atoms with E-state index in [1.165, 1.54) is 26.4 Å². The number of methoxy groups -OCH3 is 2. The molecule has 0 radical (unpaired) electrons. The first-order chi connectivity index (χ1) is 10.9. The predicted octanol–water partition coefficient (Wildman–Crippen LogP) is 3.59. The minimum atomic E-state index is -4.04. The van der Waals surface area contributed by atoms with Crippen LogP contribution in [-0.2, 0) is 10.1 Å². The standard InChI is InChI=1S/C17H20O5S/c1-12(2)13-6-5-7-15(10-13)22-23(18,19)17-11-14(20-3)8-9-16(17)21-4/h5-12H,1-4H3. The molecule has 23 heavy (non-hydrogen) atoms. The summed E-state index contributed by atoms with van der Waals surface area (Å²) in [5.41, 5.74) is 0.996. The maximum absolute atomic E-state index is 12.6. The highest BCUT2D eigenvalue weighted by atomic mass is 32.2. The zero-order valence-corrected chi connectivity index (χ0v) is 14.4. The number of benzene rings is 2. The molecular formula is C17H20O5S. The van der Waals surface area contributed by atoms with Gasteiger partial charge in [0.05, 0.1) is 14.2 Å². The highest BCUT2D eigenvalue weighted by Gasteiger charge is 2.23. The molecule has 6 heteroatoms. The highest BCUT2D eigenvalue weighted by molar-refractivity contribution is 7.87. The van der Waals surface area contributed by atoms with Crippen LogP contribution >= 0.6 is 0 Å². The molecule has 2 aromatic carbocycles. The molecular weight excluding hydrogens is 316 g/mol. The van der Waals surface area contributed by atoms with Gasteiger partial charge in [0.15, 0.2) is 4.90 Å². The van der Waals surface area contributed by atoms with Crippen molar-refractivity contribution in [3.63, 3.8) is 0 Å². The van der Waals surface area contributed by atoms with E-state index in [9.17, 15) is 8.42 Å². The van der Waals surface area contributed by atoms with E-state index in [1.807, 2.05) is 19.9 Å². The number of hydrogen-bond donors (Lipinski definition) is 0. The Morgan fingerprint density at radius 1 is 0.913 bits per heavy atom. The molecule has 0 N–H and O–H groups in total. The lowest BCUT2D eigenvalue weighted by molar-refractivity contribution is 0.388. The van der Waals surface area contributed by atoms with E-state index in [4.69, 9.17) is 13.7 Å². The van der Waals surface area contributed by atoms with Crippen LogP contribution in [0, 0.1) is 0 Å². The van der Waals surface area contributed by atoms with Crippen molar-refractivity contribution in [3.05, 3.63) is 48.0 Å².